The van der Waals surface area contributed by atoms with Crippen LogP contribution in [-0.2, 0) is 0 Å². The zero-order chi connectivity index (χ0) is 15.0. The number of hydrogen-bond acceptors (Lipinski definition) is 6. The van der Waals surface area contributed by atoms with Gasteiger partial charge in [-0.15, -0.1) is 0 Å². The average molecular weight is 278 g/mol. The molecular formula is C13H18N4O3. The van der Waals surface area contributed by atoms with Crippen molar-refractivity contribution >= 4 is 11.5 Å². The van der Waals surface area contributed by atoms with Crippen LogP contribution in [0.15, 0.2) is 12.3 Å². The lowest BCUT2D eigenvalue weighted by Gasteiger charge is -2.16. The largest absolute Gasteiger partial charge is 0.396 e. The van der Waals surface area contributed by atoms with Crippen molar-refractivity contribution in [3.05, 3.63) is 27.9 Å². The molecular weight excluding hydrogens is 260 g/mol. The molecule has 1 atom stereocenters. The van der Waals surface area contributed by atoms with E-state index in [-0.39, 0.29) is 29.6 Å². The quantitative estimate of drug-likeness (QED) is 0.556. The highest BCUT2D eigenvalue weighted by atomic mass is 16.6. The standard InChI is InChI=1S/C13H18N4O3/c1-2-3-10(5-7-18)9-16-13-12(17(19)20)11(8-14)4-6-15-13/h4,6,10,18H,2-3,5,7,9H2,1H3,(H,15,16). The number of hydrogen-bond donors (Lipinski definition) is 2. The van der Waals surface area contributed by atoms with Crippen molar-refractivity contribution in [2.75, 3.05) is 18.5 Å². The first kappa shape index (κ1) is 15.9. The second-order valence-electron chi connectivity index (χ2n) is 4.47. The number of anilines is 1. The zero-order valence-corrected chi connectivity index (χ0v) is 11.4. The summed E-state index contributed by atoms with van der Waals surface area (Å²) in [4.78, 5) is 14.4. The first-order chi connectivity index (χ1) is 9.63. The topological polar surface area (TPSA) is 112 Å². The smallest absolute Gasteiger partial charge is 0.328 e. The number of aliphatic hydroxyl groups excluding tert-OH is 1. The maximum atomic E-state index is 11.0. The molecule has 20 heavy (non-hydrogen) atoms. The van der Waals surface area contributed by atoms with E-state index in [9.17, 15) is 10.1 Å². The lowest BCUT2D eigenvalue weighted by atomic mass is 10.0. The minimum atomic E-state index is -0.602. The van der Waals surface area contributed by atoms with E-state index in [1.165, 1.54) is 12.3 Å². The SMILES string of the molecule is CCCC(CCO)CNc1nccc(C#N)c1[N+](=O)[O-]. The number of rotatable bonds is 8. The third-order valence-electron chi connectivity index (χ3n) is 3.02. The van der Waals surface area contributed by atoms with Gasteiger partial charge in [-0.2, -0.15) is 5.26 Å². The molecule has 0 amide bonds. The summed E-state index contributed by atoms with van der Waals surface area (Å²) in [6.45, 7) is 2.61. The van der Waals surface area contributed by atoms with Crippen molar-refractivity contribution in [1.82, 2.24) is 4.98 Å². The molecule has 0 saturated heterocycles. The van der Waals surface area contributed by atoms with E-state index in [4.69, 9.17) is 10.4 Å². The molecule has 1 unspecified atom stereocenters. The number of nitrogens with zero attached hydrogens (tertiary/aromatic N) is 3. The van der Waals surface area contributed by atoms with Gasteiger partial charge >= 0.3 is 5.69 Å². The van der Waals surface area contributed by atoms with E-state index in [1.807, 2.05) is 6.92 Å². The van der Waals surface area contributed by atoms with Gasteiger partial charge in [0.25, 0.3) is 0 Å². The van der Waals surface area contributed by atoms with Gasteiger partial charge in [0.2, 0.25) is 5.82 Å². The molecule has 0 saturated carbocycles. The summed E-state index contributed by atoms with van der Waals surface area (Å²) in [5.74, 6) is 0.324. The van der Waals surface area contributed by atoms with Gasteiger partial charge in [-0.3, -0.25) is 10.1 Å². The Morgan fingerprint density at radius 1 is 1.60 bits per heavy atom. The van der Waals surface area contributed by atoms with Gasteiger partial charge in [0.1, 0.15) is 11.6 Å². The Morgan fingerprint density at radius 3 is 2.90 bits per heavy atom. The molecule has 108 valence electrons. The minimum Gasteiger partial charge on any atom is -0.396 e. The Hall–Kier alpha value is -2.20. The van der Waals surface area contributed by atoms with Gasteiger partial charge in [0.15, 0.2) is 0 Å². The van der Waals surface area contributed by atoms with Crippen LogP contribution in [0.1, 0.15) is 31.7 Å². The fraction of sp³-hybridized carbons (Fsp3) is 0.538. The molecule has 0 bridgehead atoms. The van der Waals surface area contributed by atoms with Crippen LogP contribution in [0.5, 0.6) is 0 Å². The predicted molar refractivity (Wildman–Crippen MR) is 74.2 cm³/mol. The molecule has 1 aromatic heterocycles. The van der Waals surface area contributed by atoms with E-state index in [2.05, 4.69) is 10.3 Å². The third kappa shape index (κ3) is 4.17. The summed E-state index contributed by atoms with van der Waals surface area (Å²) in [6, 6.07) is 3.11. The summed E-state index contributed by atoms with van der Waals surface area (Å²) >= 11 is 0. The van der Waals surface area contributed by atoms with Crippen molar-refractivity contribution in [2.24, 2.45) is 5.92 Å². The van der Waals surface area contributed by atoms with Gasteiger partial charge in [0.05, 0.1) is 4.92 Å². The Bertz CT molecular complexity index is 493. The second-order valence-corrected chi connectivity index (χ2v) is 4.47. The molecule has 0 aliphatic carbocycles. The van der Waals surface area contributed by atoms with Crippen LogP contribution in [0.4, 0.5) is 11.5 Å². The number of nitriles is 1. The molecule has 1 aromatic rings. The van der Waals surface area contributed by atoms with Gasteiger partial charge in [-0.1, -0.05) is 13.3 Å². The highest BCUT2D eigenvalue weighted by molar-refractivity contribution is 5.64. The van der Waals surface area contributed by atoms with Crippen LogP contribution >= 0.6 is 0 Å². The van der Waals surface area contributed by atoms with Gasteiger partial charge in [-0.05, 0) is 24.8 Å². The summed E-state index contributed by atoms with van der Waals surface area (Å²) in [7, 11) is 0. The highest BCUT2D eigenvalue weighted by Crippen LogP contribution is 2.26. The number of pyridine rings is 1. The van der Waals surface area contributed by atoms with Crippen LogP contribution in [0.3, 0.4) is 0 Å². The van der Waals surface area contributed by atoms with Crippen LogP contribution in [0.2, 0.25) is 0 Å². The number of aromatic nitrogens is 1. The molecule has 0 aliphatic heterocycles. The Kier molecular flexibility index (Phi) is 6.40. The van der Waals surface area contributed by atoms with Crippen molar-refractivity contribution < 1.29 is 10.0 Å². The normalized spacial score (nSPS) is 11.7. The molecule has 0 fully saturated rings. The molecule has 0 spiro atoms. The fourth-order valence-corrected chi connectivity index (χ4v) is 2.04. The Labute approximate surface area is 117 Å². The monoisotopic (exact) mass is 278 g/mol. The molecule has 7 nitrogen and oxygen atoms in total. The Morgan fingerprint density at radius 2 is 2.35 bits per heavy atom. The second kappa shape index (κ2) is 8.07. The summed E-state index contributed by atoms with van der Waals surface area (Å²) < 4.78 is 0. The van der Waals surface area contributed by atoms with Crippen molar-refractivity contribution in [2.45, 2.75) is 26.2 Å². The zero-order valence-electron chi connectivity index (χ0n) is 11.4. The van der Waals surface area contributed by atoms with E-state index in [0.29, 0.717) is 13.0 Å². The molecule has 0 aromatic carbocycles. The lowest BCUT2D eigenvalue weighted by molar-refractivity contribution is -0.384. The summed E-state index contributed by atoms with van der Waals surface area (Å²) in [5.41, 5.74) is -0.309. The number of nitro groups is 1. The molecule has 1 rings (SSSR count). The highest BCUT2D eigenvalue weighted by Gasteiger charge is 2.21. The maximum Gasteiger partial charge on any atom is 0.328 e. The first-order valence-corrected chi connectivity index (χ1v) is 6.52. The first-order valence-electron chi connectivity index (χ1n) is 6.52. The molecule has 1 heterocycles. The van der Waals surface area contributed by atoms with Gasteiger partial charge in [0, 0.05) is 19.3 Å². The van der Waals surface area contributed by atoms with Crippen molar-refractivity contribution in [3.8, 4) is 6.07 Å². The maximum absolute atomic E-state index is 11.0. The van der Waals surface area contributed by atoms with E-state index in [1.54, 1.807) is 6.07 Å². The van der Waals surface area contributed by atoms with Crippen molar-refractivity contribution in [1.29, 1.82) is 5.26 Å². The average Bonchev–Trinajstić information content (AvgIpc) is 2.44. The number of aliphatic hydroxyl groups is 1. The number of nitrogens with one attached hydrogen (secondary N) is 1. The van der Waals surface area contributed by atoms with Crippen LogP contribution in [0, 0.1) is 27.4 Å². The fourth-order valence-electron chi connectivity index (χ4n) is 2.04. The van der Waals surface area contributed by atoms with Crippen molar-refractivity contribution in [3.63, 3.8) is 0 Å². The van der Waals surface area contributed by atoms with Crippen LogP contribution in [-0.4, -0.2) is 28.2 Å². The lowest BCUT2D eigenvalue weighted by Crippen LogP contribution is -2.17. The summed E-state index contributed by atoms with van der Waals surface area (Å²) in [5, 5.41) is 31.8. The molecule has 7 heteroatoms. The van der Waals surface area contributed by atoms with Crippen LogP contribution < -0.4 is 5.32 Å². The molecule has 2 N–H and O–H groups in total. The van der Waals surface area contributed by atoms with E-state index < -0.39 is 4.92 Å². The minimum absolute atomic E-state index is 0.0123. The third-order valence-corrected chi connectivity index (χ3v) is 3.02. The van der Waals surface area contributed by atoms with E-state index >= 15 is 0 Å². The Balaban J connectivity index is 2.87. The van der Waals surface area contributed by atoms with Crippen LogP contribution in [0.25, 0.3) is 0 Å². The predicted octanol–water partition coefficient (Wildman–Crippen LogP) is 2.07. The van der Waals surface area contributed by atoms with E-state index in [0.717, 1.165) is 12.8 Å². The van der Waals surface area contributed by atoms with Gasteiger partial charge < -0.3 is 10.4 Å². The summed E-state index contributed by atoms with van der Waals surface area (Å²) in [6.07, 6.45) is 3.89. The molecule has 0 radical (unpaired) electrons. The molecule has 0 aliphatic rings. The van der Waals surface area contributed by atoms with Gasteiger partial charge in [-0.25, -0.2) is 4.98 Å².